The molecule has 62 valence electrons. The molecular formula is C8H19NS. The Morgan fingerprint density at radius 3 is 1.90 bits per heavy atom. The topological polar surface area (TPSA) is 12.0 Å². The average Bonchev–Trinajstić information content (AvgIpc) is 1.88. The summed E-state index contributed by atoms with van der Waals surface area (Å²) in [6.07, 6.45) is 10.1. The summed E-state index contributed by atoms with van der Waals surface area (Å²) in [5, 5.41) is 4.42. The molecule has 0 aliphatic carbocycles. The minimum atomic E-state index is -0.266. The SMILES string of the molecule is CS(C)(C)C1CCNCC1. The largest absolute Gasteiger partial charge is 0.317 e. The minimum Gasteiger partial charge on any atom is -0.317 e. The van der Waals surface area contributed by atoms with E-state index in [2.05, 4.69) is 24.1 Å². The van der Waals surface area contributed by atoms with E-state index in [0.29, 0.717) is 0 Å². The van der Waals surface area contributed by atoms with E-state index in [1.807, 2.05) is 0 Å². The monoisotopic (exact) mass is 161 g/mol. The first kappa shape index (κ1) is 8.41. The highest BCUT2D eigenvalue weighted by atomic mass is 32.3. The van der Waals surface area contributed by atoms with Gasteiger partial charge >= 0.3 is 0 Å². The molecule has 0 saturated carbocycles. The molecule has 1 rings (SSSR count). The van der Waals surface area contributed by atoms with Gasteiger partial charge in [-0.1, -0.05) is 0 Å². The van der Waals surface area contributed by atoms with Crippen molar-refractivity contribution in [3.05, 3.63) is 0 Å². The van der Waals surface area contributed by atoms with E-state index < -0.39 is 0 Å². The Hall–Kier alpha value is 0.310. The van der Waals surface area contributed by atoms with Gasteiger partial charge in [0.15, 0.2) is 0 Å². The summed E-state index contributed by atoms with van der Waals surface area (Å²) >= 11 is 0. The predicted molar refractivity (Wildman–Crippen MR) is 51.3 cm³/mol. The average molecular weight is 161 g/mol. The molecule has 0 atom stereocenters. The fraction of sp³-hybridized carbons (Fsp3) is 1.00. The maximum absolute atomic E-state index is 3.40. The third kappa shape index (κ3) is 2.17. The standard InChI is InChI=1S/C8H19NS/c1-10(2,3)8-4-6-9-7-5-8/h8-9H,4-7H2,1-3H3. The van der Waals surface area contributed by atoms with Crippen LogP contribution in [-0.4, -0.2) is 37.1 Å². The van der Waals surface area contributed by atoms with Gasteiger partial charge in [0.25, 0.3) is 0 Å². The highest BCUT2D eigenvalue weighted by molar-refractivity contribution is 8.32. The van der Waals surface area contributed by atoms with E-state index in [1.54, 1.807) is 0 Å². The summed E-state index contributed by atoms with van der Waals surface area (Å²) in [7, 11) is -0.266. The summed E-state index contributed by atoms with van der Waals surface area (Å²) in [5.41, 5.74) is 0. The van der Waals surface area contributed by atoms with Crippen molar-refractivity contribution in [3.8, 4) is 0 Å². The molecule has 0 amide bonds. The molecule has 1 nitrogen and oxygen atoms in total. The lowest BCUT2D eigenvalue weighted by molar-refractivity contribution is 0.528. The van der Waals surface area contributed by atoms with Crippen molar-refractivity contribution < 1.29 is 0 Å². The molecule has 0 aromatic rings. The molecule has 1 aliphatic heterocycles. The molecule has 0 bridgehead atoms. The molecule has 1 saturated heterocycles. The predicted octanol–water partition coefficient (Wildman–Crippen LogP) is 1.43. The van der Waals surface area contributed by atoms with Gasteiger partial charge in [-0.15, -0.1) is 0 Å². The summed E-state index contributed by atoms with van der Waals surface area (Å²) in [4.78, 5) is 0. The Kier molecular flexibility index (Phi) is 2.64. The molecule has 1 aliphatic rings. The zero-order chi connectivity index (χ0) is 7.61. The lowest BCUT2D eigenvalue weighted by Gasteiger charge is -2.38. The van der Waals surface area contributed by atoms with Gasteiger partial charge in [-0.2, -0.15) is 0 Å². The van der Waals surface area contributed by atoms with Gasteiger partial charge in [0.2, 0.25) is 0 Å². The molecular weight excluding hydrogens is 142 g/mol. The van der Waals surface area contributed by atoms with Crippen molar-refractivity contribution >= 4 is 10.0 Å². The Morgan fingerprint density at radius 2 is 1.60 bits per heavy atom. The van der Waals surface area contributed by atoms with Crippen LogP contribution in [0.4, 0.5) is 0 Å². The first-order valence-corrected chi connectivity index (χ1v) is 6.90. The lowest BCUT2D eigenvalue weighted by Crippen LogP contribution is -2.33. The van der Waals surface area contributed by atoms with Crippen LogP contribution in [0.15, 0.2) is 0 Å². The Balaban J connectivity index is 2.39. The summed E-state index contributed by atoms with van der Waals surface area (Å²) in [6.45, 7) is 2.49. The molecule has 0 aromatic heterocycles. The third-order valence-electron chi connectivity index (χ3n) is 2.29. The van der Waals surface area contributed by atoms with Crippen molar-refractivity contribution in [1.82, 2.24) is 5.32 Å². The molecule has 0 spiro atoms. The summed E-state index contributed by atoms with van der Waals surface area (Å²) in [5.74, 6) is 0. The molecule has 2 heteroatoms. The zero-order valence-electron chi connectivity index (χ0n) is 7.31. The van der Waals surface area contributed by atoms with Gasteiger partial charge < -0.3 is 5.32 Å². The molecule has 0 radical (unpaired) electrons. The second kappa shape index (κ2) is 3.14. The van der Waals surface area contributed by atoms with Crippen LogP contribution >= 0.6 is 10.0 Å². The van der Waals surface area contributed by atoms with Gasteiger partial charge in [0, 0.05) is 0 Å². The van der Waals surface area contributed by atoms with Gasteiger partial charge in [-0.25, -0.2) is 10.0 Å². The minimum absolute atomic E-state index is 0.266. The van der Waals surface area contributed by atoms with Crippen molar-refractivity contribution in [2.45, 2.75) is 18.1 Å². The Bertz CT molecular complexity index is 100. The Labute approximate surface area is 65.9 Å². The highest BCUT2D eigenvalue weighted by Crippen LogP contribution is 2.44. The van der Waals surface area contributed by atoms with Crippen LogP contribution in [0, 0.1) is 0 Å². The van der Waals surface area contributed by atoms with Gasteiger partial charge in [-0.05, 0) is 49.9 Å². The number of hydrogen-bond donors (Lipinski definition) is 1. The van der Waals surface area contributed by atoms with Crippen LogP contribution in [0.5, 0.6) is 0 Å². The van der Waals surface area contributed by atoms with E-state index in [4.69, 9.17) is 0 Å². The number of piperidine rings is 1. The van der Waals surface area contributed by atoms with Gasteiger partial charge in [0.1, 0.15) is 0 Å². The molecule has 1 N–H and O–H groups in total. The Morgan fingerprint density at radius 1 is 1.10 bits per heavy atom. The van der Waals surface area contributed by atoms with Crippen molar-refractivity contribution in [2.24, 2.45) is 0 Å². The van der Waals surface area contributed by atoms with E-state index in [0.717, 1.165) is 5.25 Å². The molecule has 1 heterocycles. The first-order chi connectivity index (χ1) is 4.61. The van der Waals surface area contributed by atoms with Crippen LogP contribution < -0.4 is 5.32 Å². The van der Waals surface area contributed by atoms with Crippen molar-refractivity contribution in [3.63, 3.8) is 0 Å². The second-order valence-electron chi connectivity index (χ2n) is 3.88. The van der Waals surface area contributed by atoms with Gasteiger partial charge in [-0.3, -0.25) is 0 Å². The van der Waals surface area contributed by atoms with Crippen molar-refractivity contribution in [1.29, 1.82) is 0 Å². The first-order valence-electron chi connectivity index (χ1n) is 3.98. The van der Waals surface area contributed by atoms with E-state index in [1.165, 1.54) is 25.9 Å². The van der Waals surface area contributed by atoms with Crippen LogP contribution in [-0.2, 0) is 0 Å². The molecule has 1 fully saturated rings. The normalized spacial score (nSPS) is 24.7. The van der Waals surface area contributed by atoms with Crippen LogP contribution in [0.3, 0.4) is 0 Å². The lowest BCUT2D eigenvalue weighted by atomic mass is 10.2. The maximum Gasteiger partial charge on any atom is -0.00389 e. The summed E-state index contributed by atoms with van der Waals surface area (Å²) in [6, 6.07) is 0. The zero-order valence-corrected chi connectivity index (χ0v) is 8.13. The molecule has 0 aromatic carbocycles. The van der Waals surface area contributed by atoms with E-state index in [9.17, 15) is 0 Å². The van der Waals surface area contributed by atoms with Gasteiger partial charge in [0.05, 0.1) is 0 Å². The van der Waals surface area contributed by atoms with E-state index >= 15 is 0 Å². The number of hydrogen-bond acceptors (Lipinski definition) is 1. The van der Waals surface area contributed by atoms with E-state index in [-0.39, 0.29) is 10.0 Å². The fourth-order valence-electron chi connectivity index (χ4n) is 1.50. The quantitative estimate of drug-likeness (QED) is 0.613. The summed E-state index contributed by atoms with van der Waals surface area (Å²) < 4.78 is 0. The second-order valence-corrected chi connectivity index (χ2v) is 8.41. The third-order valence-corrected chi connectivity index (χ3v) is 4.76. The number of rotatable bonds is 1. The highest BCUT2D eigenvalue weighted by Gasteiger charge is 2.21. The fourth-order valence-corrected chi connectivity index (χ4v) is 3.15. The number of nitrogens with one attached hydrogen (secondary N) is 1. The smallest absolute Gasteiger partial charge is 0.00389 e. The maximum atomic E-state index is 3.40. The van der Waals surface area contributed by atoms with Crippen LogP contribution in [0.2, 0.25) is 0 Å². The van der Waals surface area contributed by atoms with Crippen LogP contribution in [0.25, 0.3) is 0 Å². The van der Waals surface area contributed by atoms with Crippen molar-refractivity contribution in [2.75, 3.05) is 31.9 Å². The molecule has 0 unspecified atom stereocenters. The van der Waals surface area contributed by atoms with Crippen LogP contribution in [0.1, 0.15) is 12.8 Å². The molecule has 10 heavy (non-hydrogen) atoms.